The van der Waals surface area contributed by atoms with Crippen LogP contribution >= 0.6 is 0 Å². The molecule has 1 saturated carbocycles. The van der Waals surface area contributed by atoms with Crippen molar-refractivity contribution in [2.24, 2.45) is 11.8 Å². The summed E-state index contributed by atoms with van der Waals surface area (Å²) in [5.74, 6) is -0.627. The number of carboxylic acids is 1. The van der Waals surface area contributed by atoms with E-state index in [0.29, 0.717) is 25.2 Å². The quantitative estimate of drug-likeness (QED) is 0.811. The molecule has 1 aliphatic carbocycles. The van der Waals surface area contributed by atoms with Crippen LogP contribution in [0, 0.1) is 11.8 Å². The monoisotopic (exact) mass is 317 g/mol. The van der Waals surface area contributed by atoms with E-state index in [2.05, 4.69) is 43.4 Å². The van der Waals surface area contributed by atoms with E-state index in [4.69, 9.17) is 5.11 Å². The third-order valence-corrected chi connectivity index (χ3v) is 4.49. The van der Waals surface area contributed by atoms with Crippen molar-refractivity contribution in [3.63, 3.8) is 0 Å². The van der Waals surface area contributed by atoms with Crippen molar-refractivity contribution in [3.8, 4) is 0 Å². The molecule has 0 aromatic heterocycles. The maximum Gasteiger partial charge on any atom is 0.308 e. The van der Waals surface area contributed by atoms with Gasteiger partial charge in [-0.15, -0.1) is 0 Å². The molecule has 2 rings (SSSR count). The average Bonchev–Trinajstić information content (AvgIpc) is 2.94. The minimum atomic E-state index is -0.798. The molecule has 0 saturated heterocycles. The highest BCUT2D eigenvalue weighted by molar-refractivity contribution is 5.78. The lowest BCUT2D eigenvalue weighted by molar-refractivity contribution is -0.142. The van der Waals surface area contributed by atoms with Crippen molar-refractivity contribution < 1.29 is 14.7 Å². The van der Waals surface area contributed by atoms with Gasteiger partial charge < -0.3 is 10.4 Å². The van der Waals surface area contributed by atoms with Crippen molar-refractivity contribution in [2.45, 2.75) is 58.4 Å². The molecule has 4 nitrogen and oxygen atoms in total. The van der Waals surface area contributed by atoms with Crippen molar-refractivity contribution in [1.82, 2.24) is 5.32 Å². The summed E-state index contributed by atoms with van der Waals surface area (Å²) in [4.78, 5) is 23.2. The van der Waals surface area contributed by atoms with Gasteiger partial charge in [-0.25, -0.2) is 0 Å². The predicted octanol–water partition coefficient (Wildman–Crippen LogP) is 3.19. The summed E-state index contributed by atoms with van der Waals surface area (Å²) >= 11 is 0. The summed E-state index contributed by atoms with van der Waals surface area (Å²) in [7, 11) is 0. The highest BCUT2D eigenvalue weighted by Gasteiger charge is 2.33. The van der Waals surface area contributed by atoms with Crippen LogP contribution in [0.15, 0.2) is 24.3 Å². The fourth-order valence-electron chi connectivity index (χ4n) is 3.28. The van der Waals surface area contributed by atoms with Gasteiger partial charge in [-0.1, -0.05) is 44.5 Å². The Morgan fingerprint density at radius 1 is 1.17 bits per heavy atom. The van der Waals surface area contributed by atoms with Crippen LogP contribution in [0.1, 0.15) is 50.7 Å². The van der Waals surface area contributed by atoms with Crippen LogP contribution in [0.5, 0.6) is 0 Å². The first-order chi connectivity index (χ1) is 11.0. The van der Waals surface area contributed by atoms with Crippen molar-refractivity contribution in [2.75, 3.05) is 0 Å². The molecule has 2 N–H and O–H groups in total. The summed E-state index contributed by atoms with van der Waals surface area (Å²) in [6.45, 7) is 4.40. The van der Waals surface area contributed by atoms with Crippen LogP contribution in [-0.2, 0) is 22.4 Å². The Hall–Kier alpha value is -1.84. The molecule has 23 heavy (non-hydrogen) atoms. The number of rotatable bonds is 7. The van der Waals surface area contributed by atoms with Gasteiger partial charge in [0.2, 0.25) is 5.91 Å². The van der Waals surface area contributed by atoms with E-state index >= 15 is 0 Å². The third kappa shape index (κ3) is 5.38. The van der Waals surface area contributed by atoms with E-state index in [1.807, 2.05) is 0 Å². The molecule has 0 unspecified atom stereocenters. The van der Waals surface area contributed by atoms with Gasteiger partial charge in [-0.3, -0.25) is 9.59 Å². The zero-order valence-electron chi connectivity index (χ0n) is 14.0. The summed E-state index contributed by atoms with van der Waals surface area (Å²) in [6.07, 6.45) is 4.48. The molecule has 126 valence electrons. The Morgan fingerprint density at radius 2 is 1.83 bits per heavy atom. The molecule has 1 amide bonds. The highest BCUT2D eigenvalue weighted by Crippen LogP contribution is 2.25. The van der Waals surface area contributed by atoms with E-state index < -0.39 is 11.9 Å². The second-order valence-corrected chi connectivity index (χ2v) is 6.96. The number of amides is 1. The first-order valence-corrected chi connectivity index (χ1v) is 8.55. The van der Waals surface area contributed by atoms with Gasteiger partial charge in [0.05, 0.1) is 5.92 Å². The fraction of sp³-hybridized carbons (Fsp3) is 0.579. The summed E-state index contributed by atoms with van der Waals surface area (Å²) < 4.78 is 0. The van der Waals surface area contributed by atoms with E-state index in [1.165, 1.54) is 5.56 Å². The molecule has 0 aliphatic heterocycles. The van der Waals surface area contributed by atoms with Gasteiger partial charge >= 0.3 is 5.97 Å². The van der Waals surface area contributed by atoms with Gasteiger partial charge in [0, 0.05) is 12.5 Å². The fourth-order valence-corrected chi connectivity index (χ4v) is 3.28. The smallest absolute Gasteiger partial charge is 0.308 e. The maximum absolute atomic E-state index is 12.0. The second-order valence-electron chi connectivity index (χ2n) is 6.96. The van der Waals surface area contributed by atoms with Crippen LogP contribution < -0.4 is 5.32 Å². The Bertz CT molecular complexity index is 536. The molecule has 1 fully saturated rings. The van der Waals surface area contributed by atoms with Crippen LogP contribution in [0.25, 0.3) is 0 Å². The largest absolute Gasteiger partial charge is 0.481 e. The number of benzene rings is 1. The zero-order chi connectivity index (χ0) is 16.8. The molecular formula is C19H27NO3. The van der Waals surface area contributed by atoms with Crippen LogP contribution in [0.3, 0.4) is 0 Å². The molecule has 0 bridgehead atoms. The van der Waals surface area contributed by atoms with E-state index in [-0.39, 0.29) is 11.9 Å². The molecule has 0 spiro atoms. The van der Waals surface area contributed by atoms with Gasteiger partial charge in [-0.05, 0) is 42.7 Å². The standard InChI is InChI=1S/C19H27NO3/c1-13(2)12-15-8-6-14(7-9-15)10-11-18(21)20-17-5-3-4-16(17)19(22)23/h6-9,13,16-17H,3-5,10-12H2,1-2H3,(H,20,21)(H,22,23)/t16-,17+/m0/s1. The van der Waals surface area contributed by atoms with Crippen molar-refractivity contribution in [3.05, 3.63) is 35.4 Å². The Balaban J connectivity index is 1.79. The molecule has 4 heteroatoms. The number of carbonyl (C=O) groups is 2. The number of hydrogen-bond acceptors (Lipinski definition) is 2. The van der Waals surface area contributed by atoms with E-state index in [0.717, 1.165) is 24.8 Å². The SMILES string of the molecule is CC(C)Cc1ccc(CCC(=O)N[C@@H]2CCC[C@@H]2C(=O)O)cc1. The normalized spacial score (nSPS) is 20.7. The van der Waals surface area contributed by atoms with Gasteiger partial charge in [0.15, 0.2) is 0 Å². The highest BCUT2D eigenvalue weighted by atomic mass is 16.4. The molecule has 1 aromatic carbocycles. The second kappa shape index (κ2) is 8.14. The number of carbonyl (C=O) groups excluding carboxylic acids is 1. The van der Waals surface area contributed by atoms with Crippen molar-refractivity contribution >= 4 is 11.9 Å². The number of aryl methyl sites for hydroxylation is 1. The maximum atomic E-state index is 12.0. The molecule has 1 aromatic rings. The Labute approximate surface area is 138 Å². The lowest BCUT2D eigenvalue weighted by Gasteiger charge is -2.17. The van der Waals surface area contributed by atoms with Gasteiger partial charge in [-0.2, -0.15) is 0 Å². The number of nitrogens with one attached hydrogen (secondary N) is 1. The summed E-state index contributed by atoms with van der Waals surface area (Å²) in [5, 5.41) is 12.0. The molecule has 1 aliphatic rings. The van der Waals surface area contributed by atoms with Crippen LogP contribution in [-0.4, -0.2) is 23.0 Å². The first-order valence-electron chi connectivity index (χ1n) is 8.55. The number of hydrogen-bond donors (Lipinski definition) is 2. The van der Waals surface area contributed by atoms with E-state index in [1.54, 1.807) is 0 Å². The molecule has 2 atom stereocenters. The molecule has 0 radical (unpaired) electrons. The predicted molar refractivity (Wildman–Crippen MR) is 90.2 cm³/mol. The minimum absolute atomic E-state index is 0.0468. The van der Waals surface area contributed by atoms with Crippen molar-refractivity contribution in [1.29, 1.82) is 0 Å². The summed E-state index contributed by atoms with van der Waals surface area (Å²) in [5.41, 5.74) is 2.47. The molecule has 0 heterocycles. The topological polar surface area (TPSA) is 66.4 Å². The Kier molecular flexibility index (Phi) is 6.20. The third-order valence-electron chi connectivity index (χ3n) is 4.49. The minimum Gasteiger partial charge on any atom is -0.481 e. The van der Waals surface area contributed by atoms with Gasteiger partial charge in [0.25, 0.3) is 0 Å². The zero-order valence-corrected chi connectivity index (χ0v) is 14.0. The molecular weight excluding hydrogens is 290 g/mol. The van der Waals surface area contributed by atoms with Gasteiger partial charge in [0.1, 0.15) is 0 Å². The first kappa shape index (κ1) is 17.5. The Morgan fingerprint density at radius 3 is 2.43 bits per heavy atom. The van der Waals surface area contributed by atoms with E-state index in [9.17, 15) is 9.59 Å². The van der Waals surface area contributed by atoms with Crippen LogP contribution in [0.4, 0.5) is 0 Å². The number of carboxylic acid groups (broad SMARTS) is 1. The average molecular weight is 317 g/mol. The van der Waals surface area contributed by atoms with Crippen LogP contribution in [0.2, 0.25) is 0 Å². The lowest BCUT2D eigenvalue weighted by Crippen LogP contribution is -2.40. The number of aliphatic carboxylic acids is 1. The summed E-state index contributed by atoms with van der Waals surface area (Å²) in [6, 6.07) is 8.23. The lowest BCUT2D eigenvalue weighted by atomic mass is 10.00.